The molecule has 2 heterocycles. The van der Waals surface area contributed by atoms with Crippen molar-refractivity contribution in [2.24, 2.45) is 17.3 Å². The summed E-state index contributed by atoms with van der Waals surface area (Å²) in [5, 5.41) is 0. The normalized spacial score (nSPS) is 41.5. The van der Waals surface area contributed by atoms with Gasteiger partial charge in [0, 0.05) is 30.7 Å². The number of piperidine rings is 1. The number of esters is 1. The van der Waals surface area contributed by atoms with Crippen molar-refractivity contribution >= 4 is 5.97 Å². The molecule has 1 saturated heterocycles. The van der Waals surface area contributed by atoms with Crippen LogP contribution in [0.5, 0.6) is 11.5 Å². The third-order valence-electron chi connectivity index (χ3n) is 9.88. The first-order chi connectivity index (χ1) is 16.0. The number of benzene rings is 1. The van der Waals surface area contributed by atoms with Crippen molar-refractivity contribution < 1.29 is 23.7 Å². The molecule has 2 saturated carbocycles. The van der Waals surface area contributed by atoms with E-state index in [9.17, 15) is 4.79 Å². The highest BCUT2D eigenvalue weighted by atomic mass is 16.6. The topological polar surface area (TPSA) is 57.2 Å². The second kappa shape index (κ2) is 6.54. The number of fused-ring (bicyclic) bond motifs is 1. The van der Waals surface area contributed by atoms with E-state index in [-0.39, 0.29) is 28.8 Å². The number of hydrogen-bond donors (Lipinski definition) is 0. The van der Waals surface area contributed by atoms with E-state index in [2.05, 4.69) is 29.2 Å². The molecule has 0 unspecified atom stereocenters. The fourth-order valence-electron chi connectivity index (χ4n) is 8.44. The fourth-order valence-corrected chi connectivity index (χ4v) is 8.44. The van der Waals surface area contributed by atoms with Gasteiger partial charge in [0.2, 0.25) is 0 Å². The Hall–Kier alpha value is -2.05. The van der Waals surface area contributed by atoms with Crippen LogP contribution in [-0.2, 0) is 26.1 Å². The molecule has 5 aliphatic carbocycles. The molecule has 6 nitrogen and oxygen atoms in total. The molecule has 1 aromatic rings. The molecule has 0 aromatic heterocycles. The summed E-state index contributed by atoms with van der Waals surface area (Å²) in [6.45, 7) is 4.48. The van der Waals surface area contributed by atoms with Crippen molar-refractivity contribution in [3.63, 3.8) is 0 Å². The lowest BCUT2D eigenvalue weighted by Crippen LogP contribution is -2.80. The monoisotopic (exact) mass is 451 g/mol. The van der Waals surface area contributed by atoms with E-state index in [0.29, 0.717) is 12.6 Å². The summed E-state index contributed by atoms with van der Waals surface area (Å²) in [6, 6.07) is 4.66. The van der Waals surface area contributed by atoms with Gasteiger partial charge in [-0.3, -0.25) is 9.69 Å². The lowest BCUT2D eigenvalue weighted by molar-refractivity contribution is -0.223. The van der Waals surface area contributed by atoms with Gasteiger partial charge in [0.05, 0.1) is 25.0 Å². The van der Waals surface area contributed by atoms with Crippen LogP contribution in [0, 0.1) is 17.3 Å². The smallest absolute Gasteiger partial charge is 0.312 e. The minimum Gasteiger partial charge on any atom is -0.493 e. The van der Waals surface area contributed by atoms with Crippen LogP contribution in [0.15, 0.2) is 24.3 Å². The number of carbonyl (C=O) groups is 1. The lowest BCUT2D eigenvalue weighted by atomic mass is 9.37. The predicted octanol–water partition coefficient (Wildman–Crippen LogP) is 3.26. The number of rotatable bonds is 6. The number of ether oxygens (including phenoxy) is 4. The predicted molar refractivity (Wildman–Crippen MR) is 122 cm³/mol. The second-order valence-corrected chi connectivity index (χ2v) is 10.9. The molecule has 176 valence electrons. The Morgan fingerprint density at radius 2 is 2.09 bits per heavy atom. The molecule has 0 radical (unpaired) electrons. The van der Waals surface area contributed by atoms with Gasteiger partial charge in [-0.2, -0.15) is 0 Å². The van der Waals surface area contributed by atoms with Gasteiger partial charge in [0.1, 0.15) is 11.7 Å². The number of methoxy groups -OCH3 is 2. The fraction of sp³-hybridized carbons (Fsp3) is 0.667. The Morgan fingerprint density at radius 3 is 2.82 bits per heavy atom. The molecule has 2 aliphatic heterocycles. The molecule has 7 aliphatic rings. The summed E-state index contributed by atoms with van der Waals surface area (Å²) < 4.78 is 24.6. The highest BCUT2D eigenvalue weighted by molar-refractivity contribution is 5.78. The van der Waals surface area contributed by atoms with Gasteiger partial charge < -0.3 is 18.9 Å². The van der Waals surface area contributed by atoms with Crippen LogP contribution in [0.25, 0.3) is 0 Å². The van der Waals surface area contributed by atoms with Crippen molar-refractivity contribution in [2.45, 2.75) is 62.2 Å². The maximum Gasteiger partial charge on any atom is 0.312 e. The summed E-state index contributed by atoms with van der Waals surface area (Å²) in [5.74, 6) is 1.94. The first-order valence-corrected chi connectivity index (χ1v) is 12.6. The minimum atomic E-state index is -0.837. The van der Waals surface area contributed by atoms with E-state index in [1.807, 2.05) is 6.92 Å². The van der Waals surface area contributed by atoms with Crippen LogP contribution in [-0.4, -0.2) is 62.5 Å². The van der Waals surface area contributed by atoms with Gasteiger partial charge in [-0.1, -0.05) is 18.2 Å². The molecule has 6 heteroatoms. The van der Waals surface area contributed by atoms with Crippen LogP contribution in [0.2, 0.25) is 0 Å². The van der Waals surface area contributed by atoms with Crippen molar-refractivity contribution in [3.8, 4) is 11.5 Å². The summed E-state index contributed by atoms with van der Waals surface area (Å²) in [4.78, 5) is 16.1. The van der Waals surface area contributed by atoms with Crippen LogP contribution < -0.4 is 9.47 Å². The zero-order valence-corrected chi connectivity index (χ0v) is 19.8. The van der Waals surface area contributed by atoms with Gasteiger partial charge >= 0.3 is 5.97 Å². The number of carbonyl (C=O) groups excluding carboxylic acids is 1. The van der Waals surface area contributed by atoms with E-state index in [1.165, 1.54) is 30.5 Å². The van der Waals surface area contributed by atoms with Crippen LogP contribution in [0.3, 0.4) is 0 Å². The maximum absolute atomic E-state index is 13.4. The van der Waals surface area contributed by atoms with Crippen LogP contribution in [0.1, 0.15) is 43.7 Å². The Labute approximate surface area is 195 Å². The highest BCUT2D eigenvalue weighted by Crippen LogP contribution is 2.74. The quantitative estimate of drug-likeness (QED) is 0.489. The largest absolute Gasteiger partial charge is 0.493 e. The SMILES string of the molecule is CCOC(=O)[C@H]1C[C@@]23C=C[C@]1(OC)[C@@H]1Oc4c(OC)ccc5c4[C@@]12CCN(CC1CC1)[C@@H]3C5. The zero-order chi connectivity index (χ0) is 22.6. The summed E-state index contributed by atoms with van der Waals surface area (Å²) in [6.07, 6.45) is 9.76. The van der Waals surface area contributed by atoms with Crippen molar-refractivity contribution in [1.29, 1.82) is 0 Å². The van der Waals surface area contributed by atoms with Gasteiger partial charge in [0.15, 0.2) is 11.5 Å². The highest BCUT2D eigenvalue weighted by Gasteiger charge is 2.80. The zero-order valence-electron chi connectivity index (χ0n) is 19.8. The molecule has 0 amide bonds. The summed E-state index contributed by atoms with van der Waals surface area (Å²) in [5.41, 5.74) is 1.48. The van der Waals surface area contributed by atoms with Gasteiger partial charge in [-0.15, -0.1) is 0 Å². The molecule has 6 atom stereocenters. The minimum absolute atomic E-state index is 0.165. The molecule has 4 bridgehead atoms. The lowest BCUT2D eigenvalue weighted by Gasteiger charge is -2.70. The maximum atomic E-state index is 13.4. The summed E-state index contributed by atoms with van der Waals surface area (Å²) in [7, 11) is 3.43. The van der Waals surface area contributed by atoms with E-state index in [0.717, 1.165) is 43.2 Å². The average molecular weight is 452 g/mol. The number of hydrogen-bond acceptors (Lipinski definition) is 6. The Kier molecular flexibility index (Phi) is 4.03. The van der Waals surface area contributed by atoms with Crippen molar-refractivity contribution in [1.82, 2.24) is 4.90 Å². The van der Waals surface area contributed by atoms with Crippen LogP contribution >= 0.6 is 0 Å². The van der Waals surface area contributed by atoms with Crippen molar-refractivity contribution in [3.05, 3.63) is 35.4 Å². The third-order valence-corrected chi connectivity index (χ3v) is 9.88. The molecular weight excluding hydrogens is 418 g/mol. The Morgan fingerprint density at radius 1 is 1.24 bits per heavy atom. The van der Waals surface area contributed by atoms with E-state index in [1.54, 1.807) is 14.2 Å². The molecular formula is C27H33NO5. The van der Waals surface area contributed by atoms with Crippen molar-refractivity contribution in [2.75, 3.05) is 33.9 Å². The van der Waals surface area contributed by atoms with E-state index >= 15 is 0 Å². The molecule has 8 rings (SSSR count). The molecule has 33 heavy (non-hydrogen) atoms. The first-order valence-electron chi connectivity index (χ1n) is 12.6. The molecule has 3 fully saturated rings. The van der Waals surface area contributed by atoms with Gasteiger partial charge in [0.25, 0.3) is 0 Å². The molecule has 0 N–H and O–H groups in total. The molecule has 1 aromatic carbocycles. The van der Waals surface area contributed by atoms with E-state index in [4.69, 9.17) is 18.9 Å². The number of nitrogens with zero attached hydrogens (tertiary/aromatic N) is 1. The summed E-state index contributed by atoms with van der Waals surface area (Å²) >= 11 is 0. The Bertz CT molecular complexity index is 1060. The number of likely N-dealkylation sites (tertiary alicyclic amines) is 1. The second-order valence-electron chi connectivity index (χ2n) is 10.9. The van der Waals surface area contributed by atoms with Crippen LogP contribution in [0.4, 0.5) is 0 Å². The average Bonchev–Trinajstić information content (AvgIpc) is 3.57. The van der Waals surface area contributed by atoms with E-state index < -0.39 is 5.60 Å². The van der Waals surface area contributed by atoms with Gasteiger partial charge in [-0.25, -0.2) is 0 Å². The van der Waals surface area contributed by atoms with Gasteiger partial charge in [-0.05, 0) is 63.1 Å². The standard InChI is InChI=1S/C27H33NO5/c1-4-32-23(29)18-14-25-9-10-27(18,31-3)24-26(25)11-12-28(15-16-5-6-16)20(25)13-17-7-8-19(30-2)22(33-24)21(17)26/h7-10,16,18,20,24H,4-6,11-15H2,1-3H3/t18-,20-,24-,25-,26+,27-/m1/s1. The Balaban J connectivity index is 1.47. The first kappa shape index (κ1) is 20.3. The third kappa shape index (κ3) is 2.21. The molecule has 2 spiro atoms.